The first-order valence-electron chi connectivity index (χ1n) is 9.65. The second-order valence-corrected chi connectivity index (χ2v) is 9.10. The third-order valence-electron chi connectivity index (χ3n) is 4.44. The number of nitrogens with zero attached hydrogens (tertiary/aromatic N) is 1. The van der Waals surface area contributed by atoms with Crippen LogP contribution in [0.2, 0.25) is 0 Å². The monoisotopic (exact) mass is 401 g/mol. The number of rotatable bonds is 8. The van der Waals surface area contributed by atoms with E-state index in [2.05, 4.69) is 34.7 Å². The molecule has 2 N–H and O–H groups in total. The number of aryl methyl sites for hydroxylation is 1. The number of carbonyl (C=O) groups is 2. The van der Waals surface area contributed by atoms with E-state index in [1.165, 1.54) is 17.0 Å². The topological polar surface area (TPSA) is 61.4 Å². The summed E-state index contributed by atoms with van der Waals surface area (Å²) in [6, 6.07) is 12.1. The highest BCUT2D eigenvalue weighted by atomic mass is 32.1. The standard InChI is InChI=1S/C22H31N3O2S/c1-16-15-18(24-21(27)22(2,3)4)28-19(16)20(26)23-13-9-10-14-25(5)17-11-7-6-8-12-17/h6-8,11-12,15H,9-10,13-14H2,1-5H3,(H,23,26)(H,24,27). The summed E-state index contributed by atoms with van der Waals surface area (Å²) in [4.78, 5) is 27.4. The molecule has 0 saturated heterocycles. The van der Waals surface area contributed by atoms with Gasteiger partial charge in [-0.1, -0.05) is 39.0 Å². The first kappa shape index (κ1) is 22.0. The summed E-state index contributed by atoms with van der Waals surface area (Å²) in [5, 5.41) is 6.60. The van der Waals surface area contributed by atoms with Crippen LogP contribution >= 0.6 is 11.3 Å². The minimum atomic E-state index is -0.465. The second kappa shape index (κ2) is 9.73. The first-order valence-corrected chi connectivity index (χ1v) is 10.5. The smallest absolute Gasteiger partial charge is 0.261 e. The fraction of sp³-hybridized carbons (Fsp3) is 0.455. The lowest BCUT2D eigenvalue weighted by molar-refractivity contribution is -0.123. The highest BCUT2D eigenvalue weighted by molar-refractivity contribution is 7.18. The lowest BCUT2D eigenvalue weighted by Gasteiger charge is -2.19. The third kappa shape index (κ3) is 6.37. The van der Waals surface area contributed by atoms with Gasteiger partial charge in [0.1, 0.15) is 0 Å². The van der Waals surface area contributed by atoms with E-state index in [1.807, 2.05) is 52.0 Å². The van der Waals surface area contributed by atoms with E-state index in [-0.39, 0.29) is 11.8 Å². The summed E-state index contributed by atoms with van der Waals surface area (Å²) in [6.07, 6.45) is 1.92. The Bertz CT molecular complexity index is 794. The van der Waals surface area contributed by atoms with Crippen molar-refractivity contribution in [3.63, 3.8) is 0 Å². The van der Waals surface area contributed by atoms with E-state index in [0.29, 0.717) is 16.4 Å². The number of thiophene rings is 1. The molecule has 0 fully saturated rings. The predicted octanol–water partition coefficient (Wildman–Crippen LogP) is 4.69. The fourth-order valence-electron chi connectivity index (χ4n) is 2.64. The van der Waals surface area contributed by atoms with Gasteiger partial charge in [-0.05, 0) is 43.5 Å². The number of anilines is 2. The maximum absolute atomic E-state index is 12.5. The largest absolute Gasteiger partial charge is 0.375 e. The van der Waals surface area contributed by atoms with Crippen LogP contribution < -0.4 is 15.5 Å². The molecule has 0 saturated carbocycles. The minimum Gasteiger partial charge on any atom is -0.375 e. The molecule has 1 aromatic heterocycles. The Kier molecular flexibility index (Phi) is 7.63. The number of nitrogens with one attached hydrogen (secondary N) is 2. The molecule has 5 nitrogen and oxygen atoms in total. The van der Waals surface area contributed by atoms with Crippen LogP contribution in [0, 0.1) is 12.3 Å². The van der Waals surface area contributed by atoms with Crippen molar-refractivity contribution in [3.8, 4) is 0 Å². The molecular weight excluding hydrogens is 370 g/mol. The average Bonchev–Trinajstić information content (AvgIpc) is 3.01. The summed E-state index contributed by atoms with van der Waals surface area (Å²) in [7, 11) is 2.08. The molecule has 2 amide bonds. The number of hydrogen-bond acceptors (Lipinski definition) is 4. The van der Waals surface area contributed by atoms with Gasteiger partial charge < -0.3 is 15.5 Å². The summed E-state index contributed by atoms with van der Waals surface area (Å²) in [5.74, 6) is -0.126. The van der Waals surface area contributed by atoms with Crippen LogP contribution in [0.15, 0.2) is 36.4 Å². The predicted molar refractivity (Wildman–Crippen MR) is 118 cm³/mol. The van der Waals surface area contributed by atoms with E-state index >= 15 is 0 Å². The van der Waals surface area contributed by atoms with Crippen LogP contribution in [0.25, 0.3) is 0 Å². The molecule has 1 aromatic carbocycles. The molecule has 6 heteroatoms. The van der Waals surface area contributed by atoms with Crippen LogP contribution in [-0.4, -0.2) is 32.0 Å². The summed E-state index contributed by atoms with van der Waals surface area (Å²) in [6.45, 7) is 9.08. The third-order valence-corrected chi connectivity index (χ3v) is 5.60. The average molecular weight is 402 g/mol. The van der Waals surface area contributed by atoms with Crippen molar-refractivity contribution in [2.45, 2.75) is 40.5 Å². The van der Waals surface area contributed by atoms with E-state index in [0.717, 1.165) is 24.9 Å². The maximum atomic E-state index is 12.5. The molecule has 0 aliphatic heterocycles. The molecule has 0 spiro atoms. The Labute approximate surface area is 172 Å². The van der Waals surface area contributed by atoms with Crippen LogP contribution in [0.1, 0.15) is 48.8 Å². The number of amides is 2. The quantitative estimate of drug-likeness (QED) is 0.631. The van der Waals surface area contributed by atoms with Gasteiger partial charge in [0.05, 0.1) is 9.88 Å². The van der Waals surface area contributed by atoms with Gasteiger partial charge in [0.2, 0.25) is 5.91 Å². The number of benzene rings is 1. The molecule has 0 radical (unpaired) electrons. The van der Waals surface area contributed by atoms with Crippen molar-refractivity contribution >= 4 is 33.8 Å². The zero-order valence-corrected chi connectivity index (χ0v) is 18.3. The maximum Gasteiger partial charge on any atom is 0.261 e. The van der Waals surface area contributed by atoms with Gasteiger partial charge in [-0.2, -0.15) is 0 Å². The van der Waals surface area contributed by atoms with Crippen molar-refractivity contribution in [3.05, 3.63) is 46.8 Å². The second-order valence-electron chi connectivity index (χ2n) is 8.05. The van der Waals surface area contributed by atoms with Gasteiger partial charge in [-0.25, -0.2) is 0 Å². The minimum absolute atomic E-state index is 0.0526. The van der Waals surface area contributed by atoms with Gasteiger partial charge in [-0.15, -0.1) is 11.3 Å². The van der Waals surface area contributed by atoms with Crippen molar-refractivity contribution in [1.29, 1.82) is 0 Å². The van der Waals surface area contributed by atoms with Gasteiger partial charge in [0.25, 0.3) is 5.91 Å². The van der Waals surface area contributed by atoms with E-state index in [4.69, 9.17) is 0 Å². The molecule has 2 aromatic rings. The zero-order valence-electron chi connectivity index (χ0n) is 17.5. The zero-order chi connectivity index (χ0) is 20.7. The van der Waals surface area contributed by atoms with E-state index in [9.17, 15) is 9.59 Å². The van der Waals surface area contributed by atoms with Crippen molar-refractivity contribution in [1.82, 2.24) is 5.32 Å². The summed E-state index contributed by atoms with van der Waals surface area (Å²) in [5.41, 5.74) is 1.62. The summed E-state index contributed by atoms with van der Waals surface area (Å²) < 4.78 is 0. The lowest BCUT2D eigenvalue weighted by atomic mass is 9.96. The number of para-hydroxylation sites is 1. The van der Waals surface area contributed by atoms with Crippen LogP contribution in [0.4, 0.5) is 10.7 Å². The number of hydrogen-bond donors (Lipinski definition) is 2. The molecule has 0 aliphatic carbocycles. The van der Waals surface area contributed by atoms with E-state index in [1.54, 1.807) is 0 Å². The SMILES string of the molecule is Cc1cc(NC(=O)C(C)(C)C)sc1C(=O)NCCCCN(C)c1ccccc1. The van der Waals surface area contributed by atoms with Crippen molar-refractivity contribution in [2.75, 3.05) is 30.4 Å². The Morgan fingerprint density at radius 1 is 1.11 bits per heavy atom. The molecule has 0 unspecified atom stereocenters. The Morgan fingerprint density at radius 3 is 2.43 bits per heavy atom. The van der Waals surface area contributed by atoms with Crippen LogP contribution in [-0.2, 0) is 4.79 Å². The molecule has 0 aliphatic rings. The molecular formula is C22H31N3O2S. The molecule has 0 atom stereocenters. The number of carbonyl (C=O) groups excluding carboxylic acids is 2. The van der Waals surface area contributed by atoms with Crippen LogP contribution in [0.3, 0.4) is 0 Å². The van der Waals surface area contributed by atoms with Gasteiger partial charge in [0.15, 0.2) is 0 Å². The number of unbranched alkanes of at least 4 members (excludes halogenated alkanes) is 1. The van der Waals surface area contributed by atoms with Gasteiger partial charge in [0, 0.05) is 31.2 Å². The molecule has 0 bridgehead atoms. The molecule has 28 heavy (non-hydrogen) atoms. The Balaban J connectivity index is 1.76. The normalized spacial score (nSPS) is 11.2. The lowest BCUT2D eigenvalue weighted by Crippen LogP contribution is -2.27. The molecule has 152 valence electrons. The van der Waals surface area contributed by atoms with Crippen molar-refractivity contribution in [2.24, 2.45) is 5.41 Å². The fourth-order valence-corrected chi connectivity index (χ4v) is 3.62. The molecule has 1 heterocycles. The first-order chi connectivity index (χ1) is 13.2. The van der Waals surface area contributed by atoms with Crippen LogP contribution in [0.5, 0.6) is 0 Å². The van der Waals surface area contributed by atoms with E-state index < -0.39 is 5.41 Å². The Hall–Kier alpha value is -2.34. The highest BCUT2D eigenvalue weighted by Crippen LogP contribution is 2.28. The molecule has 2 rings (SSSR count). The highest BCUT2D eigenvalue weighted by Gasteiger charge is 2.23. The Morgan fingerprint density at radius 2 is 1.79 bits per heavy atom. The summed E-state index contributed by atoms with van der Waals surface area (Å²) >= 11 is 1.33. The van der Waals surface area contributed by atoms with Gasteiger partial charge in [-0.3, -0.25) is 9.59 Å². The van der Waals surface area contributed by atoms with Gasteiger partial charge >= 0.3 is 0 Å². The van der Waals surface area contributed by atoms with Crippen molar-refractivity contribution < 1.29 is 9.59 Å².